The Kier molecular flexibility index (Phi) is 6.21. The van der Waals surface area contributed by atoms with Crippen molar-refractivity contribution in [2.45, 2.75) is 20.4 Å². The number of amides is 2. The molecule has 0 atom stereocenters. The van der Waals surface area contributed by atoms with Gasteiger partial charge < -0.3 is 20.1 Å². The first kappa shape index (κ1) is 17.8. The maximum atomic E-state index is 12.6. The molecule has 0 aliphatic carbocycles. The first-order valence-corrected chi connectivity index (χ1v) is 7.91. The molecule has 0 saturated carbocycles. The number of para-hydroxylation sites is 1. The van der Waals surface area contributed by atoms with E-state index in [4.69, 9.17) is 4.74 Å². The van der Waals surface area contributed by atoms with Crippen LogP contribution in [0.1, 0.15) is 16.7 Å². The van der Waals surface area contributed by atoms with Crippen molar-refractivity contribution >= 4 is 11.7 Å². The minimum Gasteiger partial charge on any atom is -0.496 e. The van der Waals surface area contributed by atoms with Gasteiger partial charge in [0, 0.05) is 17.8 Å². The highest BCUT2D eigenvalue weighted by Crippen LogP contribution is 2.21. The van der Waals surface area contributed by atoms with Gasteiger partial charge in [0.15, 0.2) is 0 Å². The van der Waals surface area contributed by atoms with Crippen molar-refractivity contribution in [3.63, 3.8) is 0 Å². The first-order valence-electron chi connectivity index (χ1n) is 7.91. The second kappa shape index (κ2) is 8.36. The summed E-state index contributed by atoms with van der Waals surface area (Å²) in [5.41, 5.74) is 3.81. The summed E-state index contributed by atoms with van der Waals surface area (Å²) in [6.45, 7) is 4.48. The summed E-state index contributed by atoms with van der Waals surface area (Å²) in [5, 5.41) is 12.2. The SMILES string of the molecule is COc1ccccc1CN(CCO)C(=O)Nc1ccc(C)cc1C. The summed E-state index contributed by atoms with van der Waals surface area (Å²) in [4.78, 5) is 14.2. The molecule has 2 N–H and O–H groups in total. The summed E-state index contributed by atoms with van der Waals surface area (Å²) in [6, 6.07) is 13.2. The fourth-order valence-corrected chi connectivity index (χ4v) is 2.56. The van der Waals surface area contributed by atoms with Gasteiger partial charge in [-0.3, -0.25) is 0 Å². The molecule has 0 bridgehead atoms. The molecule has 5 nitrogen and oxygen atoms in total. The van der Waals surface area contributed by atoms with E-state index in [0.717, 1.165) is 28.1 Å². The molecule has 2 rings (SSSR count). The Morgan fingerprint density at radius 3 is 2.62 bits per heavy atom. The molecule has 128 valence electrons. The van der Waals surface area contributed by atoms with Crippen LogP contribution < -0.4 is 10.1 Å². The van der Waals surface area contributed by atoms with Gasteiger partial charge in [0.1, 0.15) is 5.75 Å². The van der Waals surface area contributed by atoms with E-state index in [-0.39, 0.29) is 19.2 Å². The zero-order chi connectivity index (χ0) is 17.5. The molecular weight excluding hydrogens is 304 g/mol. The Labute approximate surface area is 142 Å². The number of nitrogens with zero attached hydrogens (tertiary/aromatic N) is 1. The molecule has 24 heavy (non-hydrogen) atoms. The predicted molar refractivity (Wildman–Crippen MR) is 95.4 cm³/mol. The lowest BCUT2D eigenvalue weighted by Gasteiger charge is -2.24. The predicted octanol–water partition coefficient (Wildman–Crippen LogP) is 3.34. The number of hydrogen-bond donors (Lipinski definition) is 2. The highest BCUT2D eigenvalue weighted by atomic mass is 16.5. The van der Waals surface area contributed by atoms with Crippen molar-refractivity contribution in [3.8, 4) is 5.75 Å². The largest absolute Gasteiger partial charge is 0.496 e. The molecule has 0 aliphatic heterocycles. The number of ether oxygens (including phenoxy) is 1. The lowest BCUT2D eigenvalue weighted by molar-refractivity contribution is 0.184. The summed E-state index contributed by atoms with van der Waals surface area (Å²) in [5.74, 6) is 0.722. The maximum absolute atomic E-state index is 12.6. The number of carbonyl (C=O) groups excluding carboxylic acids is 1. The van der Waals surface area contributed by atoms with Crippen molar-refractivity contribution in [1.29, 1.82) is 0 Å². The minimum absolute atomic E-state index is 0.102. The van der Waals surface area contributed by atoms with Gasteiger partial charge in [-0.2, -0.15) is 0 Å². The van der Waals surface area contributed by atoms with Crippen LogP contribution in [0, 0.1) is 13.8 Å². The normalized spacial score (nSPS) is 10.3. The molecule has 0 saturated heterocycles. The van der Waals surface area contributed by atoms with Crippen LogP contribution in [0.5, 0.6) is 5.75 Å². The van der Waals surface area contributed by atoms with E-state index >= 15 is 0 Å². The summed E-state index contributed by atoms with van der Waals surface area (Å²) in [7, 11) is 1.60. The molecule has 0 aromatic heterocycles. The number of methoxy groups -OCH3 is 1. The van der Waals surface area contributed by atoms with Crippen LogP contribution in [0.4, 0.5) is 10.5 Å². The monoisotopic (exact) mass is 328 g/mol. The number of nitrogens with one attached hydrogen (secondary N) is 1. The molecule has 0 heterocycles. The second-order valence-corrected chi connectivity index (χ2v) is 5.71. The van der Waals surface area contributed by atoms with Crippen molar-refractivity contribution in [2.75, 3.05) is 25.6 Å². The summed E-state index contributed by atoms with van der Waals surface area (Å²) >= 11 is 0. The van der Waals surface area contributed by atoms with Crippen LogP contribution in [-0.4, -0.2) is 36.3 Å². The molecule has 0 radical (unpaired) electrons. The zero-order valence-electron chi connectivity index (χ0n) is 14.4. The second-order valence-electron chi connectivity index (χ2n) is 5.71. The average molecular weight is 328 g/mol. The van der Waals surface area contributed by atoms with Crippen LogP contribution in [0.2, 0.25) is 0 Å². The molecule has 0 spiro atoms. The third-order valence-corrected chi connectivity index (χ3v) is 3.83. The molecular formula is C19H24N2O3. The number of anilines is 1. The number of aliphatic hydroxyl groups excluding tert-OH is 1. The van der Waals surface area contributed by atoms with Gasteiger partial charge in [-0.25, -0.2) is 4.79 Å². The summed E-state index contributed by atoms with van der Waals surface area (Å²) in [6.07, 6.45) is 0. The molecule has 0 aliphatic rings. The van der Waals surface area contributed by atoms with Gasteiger partial charge in [0.25, 0.3) is 0 Å². The topological polar surface area (TPSA) is 61.8 Å². The quantitative estimate of drug-likeness (QED) is 0.855. The number of benzene rings is 2. The van der Waals surface area contributed by atoms with Gasteiger partial charge in [-0.05, 0) is 31.5 Å². The molecule has 2 amide bonds. The maximum Gasteiger partial charge on any atom is 0.322 e. The standard InChI is InChI=1S/C19H24N2O3/c1-14-8-9-17(15(2)12-14)20-19(23)21(10-11-22)13-16-6-4-5-7-18(16)24-3/h4-9,12,22H,10-11,13H2,1-3H3,(H,20,23). The van der Waals surface area contributed by atoms with Gasteiger partial charge in [-0.1, -0.05) is 35.9 Å². The Balaban J connectivity index is 2.15. The Morgan fingerprint density at radius 1 is 1.21 bits per heavy atom. The number of hydrogen-bond acceptors (Lipinski definition) is 3. The van der Waals surface area contributed by atoms with E-state index in [1.807, 2.05) is 56.3 Å². The number of carbonyl (C=O) groups is 1. The van der Waals surface area contributed by atoms with Crippen LogP contribution in [0.25, 0.3) is 0 Å². The molecule has 0 unspecified atom stereocenters. The van der Waals surface area contributed by atoms with E-state index < -0.39 is 0 Å². The first-order chi connectivity index (χ1) is 11.5. The molecule has 2 aromatic rings. The van der Waals surface area contributed by atoms with Crippen LogP contribution in [0.3, 0.4) is 0 Å². The van der Waals surface area contributed by atoms with E-state index in [2.05, 4.69) is 5.32 Å². The Hall–Kier alpha value is -2.53. The van der Waals surface area contributed by atoms with E-state index in [1.54, 1.807) is 12.0 Å². The highest BCUT2D eigenvalue weighted by molar-refractivity contribution is 5.90. The third kappa shape index (κ3) is 4.49. The number of aryl methyl sites for hydroxylation is 2. The number of aliphatic hydroxyl groups is 1. The summed E-state index contributed by atoms with van der Waals surface area (Å²) < 4.78 is 5.33. The Morgan fingerprint density at radius 2 is 1.96 bits per heavy atom. The van der Waals surface area contributed by atoms with Gasteiger partial charge in [0.05, 0.1) is 20.3 Å². The smallest absolute Gasteiger partial charge is 0.322 e. The number of rotatable bonds is 6. The molecule has 5 heteroatoms. The van der Waals surface area contributed by atoms with E-state index in [9.17, 15) is 9.90 Å². The van der Waals surface area contributed by atoms with Crippen LogP contribution in [-0.2, 0) is 6.54 Å². The van der Waals surface area contributed by atoms with E-state index in [1.165, 1.54) is 0 Å². The van der Waals surface area contributed by atoms with E-state index in [0.29, 0.717) is 6.54 Å². The van der Waals surface area contributed by atoms with Crippen molar-refractivity contribution in [1.82, 2.24) is 4.90 Å². The minimum atomic E-state index is -0.248. The highest BCUT2D eigenvalue weighted by Gasteiger charge is 2.16. The zero-order valence-corrected chi connectivity index (χ0v) is 14.4. The van der Waals surface area contributed by atoms with Gasteiger partial charge >= 0.3 is 6.03 Å². The molecule has 2 aromatic carbocycles. The van der Waals surface area contributed by atoms with Gasteiger partial charge in [0.2, 0.25) is 0 Å². The molecule has 0 fully saturated rings. The fraction of sp³-hybridized carbons (Fsp3) is 0.316. The van der Waals surface area contributed by atoms with Crippen LogP contribution >= 0.6 is 0 Å². The van der Waals surface area contributed by atoms with Crippen molar-refractivity contribution in [3.05, 3.63) is 59.2 Å². The lowest BCUT2D eigenvalue weighted by Crippen LogP contribution is -2.36. The van der Waals surface area contributed by atoms with Crippen LogP contribution in [0.15, 0.2) is 42.5 Å². The lowest BCUT2D eigenvalue weighted by atomic mass is 10.1. The Bertz CT molecular complexity index is 701. The average Bonchev–Trinajstić information content (AvgIpc) is 2.57. The van der Waals surface area contributed by atoms with Gasteiger partial charge in [-0.15, -0.1) is 0 Å². The van der Waals surface area contributed by atoms with Crippen molar-refractivity contribution < 1.29 is 14.6 Å². The van der Waals surface area contributed by atoms with Crippen molar-refractivity contribution in [2.24, 2.45) is 0 Å². The fourth-order valence-electron chi connectivity index (χ4n) is 2.56. The third-order valence-electron chi connectivity index (χ3n) is 3.83. The number of urea groups is 1.